The zero-order chi connectivity index (χ0) is 14.1. The molecule has 0 aromatic carbocycles. The van der Waals surface area contributed by atoms with Crippen molar-refractivity contribution in [1.82, 2.24) is 34.3 Å². The summed E-state index contributed by atoms with van der Waals surface area (Å²) in [5.41, 5.74) is 0.0570. The molecule has 0 spiro atoms. The summed E-state index contributed by atoms with van der Waals surface area (Å²) in [6.07, 6.45) is 5.45. The Morgan fingerprint density at radius 1 is 1.30 bits per heavy atom. The van der Waals surface area contributed by atoms with Crippen LogP contribution in [0.25, 0.3) is 5.65 Å². The fourth-order valence-corrected chi connectivity index (χ4v) is 1.60. The van der Waals surface area contributed by atoms with Gasteiger partial charge in [0.25, 0.3) is 5.91 Å². The molecule has 1 amide bonds. The summed E-state index contributed by atoms with van der Waals surface area (Å²) < 4.78 is 2.19. The van der Waals surface area contributed by atoms with E-state index in [2.05, 4.69) is 30.6 Å². The highest BCUT2D eigenvalue weighted by molar-refractivity contribution is 6.06. The molecule has 0 radical (unpaired) electrons. The SMILES string of the molecule is Cn1nnc2c(C(=O)Nc3cncnc3)ncn2c1=O. The summed E-state index contributed by atoms with van der Waals surface area (Å²) in [5, 5.41) is 9.96. The second kappa shape index (κ2) is 4.50. The number of nitrogens with zero attached hydrogens (tertiary/aromatic N) is 7. The van der Waals surface area contributed by atoms with Crippen LogP contribution >= 0.6 is 0 Å². The third kappa shape index (κ3) is 1.88. The summed E-state index contributed by atoms with van der Waals surface area (Å²) in [6, 6.07) is 0. The Hall–Kier alpha value is -3.17. The Bertz CT molecular complexity index is 837. The first-order valence-corrected chi connectivity index (χ1v) is 5.50. The van der Waals surface area contributed by atoms with Crippen molar-refractivity contribution in [3.63, 3.8) is 0 Å². The van der Waals surface area contributed by atoms with Crippen LogP contribution in [0.3, 0.4) is 0 Å². The Morgan fingerprint density at radius 3 is 2.80 bits per heavy atom. The van der Waals surface area contributed by atoms with Gasteiger partial charge in [0, 0.05) is 7.05 Å². The van der Waals surface area contributed by atoms with Crippen molar-refractivity contribution in [3.8, 4) is 0 Å². The van der Waals surface area contributed by atoms with Gasteiger partial charge in [-0.25, -0.2) is 24.1 Å². The van der Waals surface area contributed by atoms with Crippen LogP contribution in [0, 0.1) is 0 Å². The van der Waals surface area contributed by atoms with Crippen LogP contribution < -0.4 is 11.0 Å². The predicted octanol–water partition coefficient (Wildman–Crippen LogP) is -1.13. The Labute approximate surface area is 111 Å². The molecule has 0 atom stereocenters. The van der Waals surface area contributed by atoms with Crippen molar-refractivity contribution < 1.29 is 4.79 Å². The van der Waals surface area contributed by atoms with Gasteiger partial charge < -0.3 is 5.32 Å². The van der Waals surface area contributed by atoms with Gasteiger partial charge in [0.1, 0.15) is 12.7 Å². The summed E-state index contributed by atoms with van der Waals surface area (Å²) in [4.78, 5) is 35.3. The number of hydrogen-bond acceptors (Lipinski definition) is 7. The van der Waals surface area contributed by atoms with Gasteiger partial charge in [-0.15, -0.1) is 5.10 Å². The fourth-order valence-electron chi connectivity index (χ4n) is 1.60. The summed E-state index contributed by atoms with van der Waals surface area (Å²) in [7, 11) is 1.45. The van der Waals surface area contributed by atoms with E-state index in [1.807, 2.05) is 0 Å². The quantitative estimate of drug-likeness (QED) is 0.626. The van der Waals surface area contributed by atoms with E-state index in [1.54, 1.807) is 0 Å². The van der Waals surface area contributed by atoms with Gasteiger partial charge in [0.2, 0.25) is 0 Å². The monoisotopic (exact) mass is 272 g/mol. The smallest absolute Gasteiger partial charge is 0.318 e. The molecule has 0 fully saturated rings. The number of rotatable bonds is 2. The van der Waals surface area contributed by atoms with Gasteiger partial charge in [-0.1, -0.05) is 5.21 Å². The standard InChI is InChI=1S/C10H8N8O2/c1-17-10(20)18-5-13-7(8(18)15-16-17)9(19)14-6-2-11-4-12-3-6/h2-5H,1H3,(H,14,19). The zero-order valence-electron chi connectivity index (χ0n) is 10.3. The van der Waals surface area contributed by atoms with Crippen LogP contribution in [0.2, 0.25) is 0 Å². The number of hydrogen-bond donors (Lipinski definition) is 1. The highest BCUT2D eigenvalue weighted by atomic mass is 16.2. The number of aryl methyl sites for hydroxylation is 1. The second-order valence-corrected chi connectivity index (χ2v) is 3.86. The van der Waals surface area contributed by atoms with Gasteiger partial charge >= 0.3 is 5.69 Å². The van der Waals surface area contributed by atoms with Crippen molar-refractivity contribution in [2.75, 3.05) is 5.32 Å². The van der Waals surface area contributed by atoms with Crippen LogP contribution in [0.4, 0.5) is 5.69 Å². The molecule has 0 saturated heterocycles. The number of carbonyl (C=O) groups excluding carboxylic acids is 1. The number of fused-ring (bicyclic) bond motifs is 1. The summed E-state index contributed by atoms with van der Waals surface area (Å²) in [5.74, 6) is -0.523. The van der Waals surface area contributed by atoms with Crippen molar-refractivity contribution in [2.45, 2.75) is 0 Å². The first kappa shape index (κ1) is 11.9. The second-order valence-electron chi connectivity index (χ2n) is 3.86. The third-order valence-corrected chi connectivity index (χ3v) is 2.53. The van der Waals surface area contributed by atoms with E-state index in [0.717, 1.165) is 9.08 Å². The van der Waals surface area contributed by atoms with Gasteiger partial charge in [-0.05, 0) is 0 Å². The lowest BCUT2D eigenvalue weighted by molar-refractivity contribution is 0.102. The fraction of sp³-hybridized carbons (Fsp3) is 0.100. The summed E-state index contributed by atoms with van der Waals surface area (Å²) >= 11 is 0. The number of anilines is 1. The summed E-state index contributed by atoms with van der Waals surface area (Å²) in [6.45, 7) is 0. The van der Waals surface area contributed by atoms with Crippen LogP contribution in [-0.2, 0) is 7.05 Å². The van der Waals surface area contributed by atoms with E-state index in [1.165, 1.54) is 32.1 Å². The molecule has 0 aliphatic rings. The molecule has 20 heavy (non-hydrogen) atoms. The minimum absolute atomic E-state index is 0.000877. The lowest BCUT2D eigenvalue weighted by Gasteiger charge is -2.01. The third-order valence-electron chi connectivity index (χ3n) is 2.53. The average molecular weight is 272 g/mol. The molecular formula is C10H8N8O2. The van der Waals surface area contributed by atoms with Crippen LogP contribution in [0.15, 0.2) is 29.8 Å². The van der Waals surface area contributed by atoms with Gasteiger partial charge in [0.05, 0.1) is 18.1 Å². The normalized spacial score (nSPS) is 10.7. The molecule has 1 N–H and O–H groups in total. The van der Waals surface area contributed by atoms with Crippen molar-refractivity contribution in [3.05, 3.63) is 41.2 Å². The molecule has 0 aliphatic heterocycles. The number of aromatic nitrogens is 7. The van der Waals surface area contributed by atoms with Crippen LogP contribution in [-0.4, -0.2) is 40.3 Å². The molecule has 0 unspecified atom stereocenters. The molecule has 3 heterocycles. The maximum Gasteiger partial charge on any atom is 0.352 e. The molecule has 3 rings (SSSR count). The minimum Gasteiger partial charge on any atom is -0.318 e. The largest absolute Gasteiger partial charge is 0.352 e. The Morgan fingerprint density at radius 2 is 2.05 bits per heavy atom. The van der Waals surface area contributed by atoms with E-state index in [9.17, 15) is 9.59 Å². The van der Waals surface area contributed by atoms with Gasteiger partial charge in [-0.3, -0.25) is 4.79 Å². The van der Waals surface area contributed by atoms with E-state index in [4.69, 9.17) is 0 Å². The van der Waals surface area contributed by atoms with E-state index < -0.39 is 11.6 Å². The van der Waals surface area contributed by atoms with Gasteiger partial charge in [0.15, 0.2) is 11.3 Å². The molecular weight excluding hydrogens is 264 g/mol. The molecule has 10 nitrogen and oxygen atoms in total. The molecule has 3 aromatic heterocycles. The van der Waals surface area contributed by atoms with Gasteiger partial charge in [-0.2, -0.15) is 4.68 Å². The Balaban J connectivity index is 2.01. The topological polar surface area (TPSA) is 120 Å². The first-order chi connectivity index (χ1) is 9.66. The number of nitrogens with one attached hydrogen (secondary N) is 1. The van der Waals surface area contributed by atoms with Crippen molar-refractivity contribution in [2.24, 2.45) is 7.05 Å². The Kier molecular flexibility index (Phi) is 2.67. The first-order valence-electron chi connectivity index (χ1n) is 5.50. The number of imidazole rings is 1. The molecule has 0 bridgehead atoms. The van der Waals surface area contributed by atoms with E-state index >= 15 is 0 Å². The molecule has 0 aliphatic carbocycles. The number of amides is 1. The van der Waals surface area contributed by atoms with E-state index in [-0.39, 0.29) is 11.3 Å². The van der Waals surface area contributed by atoms with Crippen molar-refractivity contribution >= 4 is 17.2 Å². The molecule has 3 aromatic rings. The minimum atomic E-state index is -0.523. The maximum absolute atomic E-state index is 12.1. The number of carbonyl (C=O) groups is 1. The lowest BCUT2D eigenvalue weighted by Crippen LogP contribution is -2.27. The van der Waals surface area contributed by atoms with Crippen molar-refractivity contribution in [1.29, 1.82) is 0 Å². The average Bonchev–Trinajstić information content (AvgIpc) is 2.89. The molecule has 0 saturated carbocycles. The maximum atomic E-state index is 12.1. The zero-order valence-corrected chi connectivity index (χ0v) is 10.3. The van der Waals surface area contributed by atoms with E-state index in [0.29, 0.717) is 5.69 Å². The highest BCUT2D eigenvalue weighted by Gasteiger charge is 2.17. The highest BCUT2D eigenvalue weighted by Crippen LogP contribution is 2.07. The van der Waals surface area contributed by atoms with Crippen LogP contribution in [0.5, 0.6) is 0 Å². The molecule has 10 heteroatoms. The molecule has 100 valence electrons. The van der Waals surface area contributed by atoms with Crippen LogP contribution in [0.1, 0.15) is 10.5 Å². The predicted molar refractivity (Wildman–Crippen MR) is 66.0 cm³/mol. The lowest BCUT2D eigenvalue weighted by atomic mass is 10.4.